The average Bonchev–Trinajstić information content (AvgIpc) is 3.24. The van der Waals surface area contributed by atoms with Crippen molar-refractivity contribution >= 4 is 11.7 Å². The number of para-hydroxylation sites is 1. The van der Waals surface area contributed by atoms with Gasteiger partial charge >= 0.3 is 6.03 Å². The molecule has 2 heterocycles. The zero-order chi connectivity index (χ0) is 16.9. The lowest BCUT2D eigenvalue weighted by molar-refractivity contribution is 0.0835. The number of ether oxygens (including phenoxy) is 1. The molecule has 0 aliphatic carbocycles. The van der Waals surface area contributed by atoms with Crippen molar-refractivity contribution in [2.75, 3.05) is 11.9 Å². The third-order valence-electron chi connectivity index (χ3n) is 3.93. The standard InChI is InChI=1S/C17H22N4O3/c1-11(2)12-6-3-4-7-13(12)19-17(22)18-10-15-20-16(24-21-15)14-8-5-9-23-14/h3-4,6-7,11,14H,5,8-10H2,1-2H3,(H2,18,19,22). The van der Waals surface area contributed by atoms with Gasteiger partial charge in [0.1, 0.15) is 6.10 Å². The van der Waals surface area contributed by atoms with E-state index in [9.17, 15) is 4.79 Å². The summed E-state index contributed by atoms with van der Waals surface area (Å²) in [4.78, 5) is 16.4. The van der Waals surface area contributed by atoms with Gasteiger partial charge < -0.3 is 19.9 Å². The van der Waals surface area contributed by atoms with Crippen LogP contribution in [0.2, 0.25) is 0 Å². The summed E-state index contributed by atoms with van der Waals surface area (Å²) in [5, 5.41) is 9.48. The minimum atomic E-state index is -0.299. The number of aromatic nitrogens is 2. The van der Waals surface area contributed by atoms with Crippen LogP contribution in [0, 0.1) is 0 Å². The first-order chi connectivity index (χ1) is 11.6. The Morgan fingerprint density at radius 1 is 1.38 bits per heavy atom. The summed E-state index contributed by atoms with van der Waals surface area (Å²) in [5.41, 5.74) is 1.89. The lowest BCUT2D eigenvalue weighted by Gasteiger charge is -2.13. The second-order valence-electron chi connectivity index (χ2n) is 6.10. The third-order valence-corrected chi connectivity index (χ3v) is 3.93. The molecule has 1 aliphatic rings. The average molecular weight is 330 g/mol. The van der Waals surface area contributed by atoms with E-state index in [1.54, 1.807) is 0 Å². The van der Waals surface area contributed by atoms with E-state index in [0.29, 0.717) is 17.6 Å². The van der Waals surface area contributed by atoms with E-state index in [1.807, 2.05) is 24.3 Å². The summed E-state index contributed by atoms with van der Waals surface area (Å²) in [6.45, 7) is 5.10. The molecule has 0 spiro atoms. The number of nitrogens with one attached hydrogen (secondary N) is 2. The normalized spacial score (nSPS) is 17.2. The summed E-state index contributed by atoms with van der Waals surface area (Å²) >= 11 is 0. The number of urea groups is 1. The molecule has 2 amide bonds. The molecule has 1 saturated heterocycles. The first-order valence-corrected chi connectivity index (χ1v) is 8.21. The lowest BCUT2D eigenvalue weighted by Crippen LogP contribution is -2.29. The van der Waals surface area contributed by atoms with E-state index in [4.69, 9.17) is 9.26 Å². The van der Waals surface area contributed by atoms with Crippen molar-refractivity contribution in [1.82, 2.24) is 15.5 Å². The Balaban J connectivity index is 1.54. The summed E-state index contributed by atoms with van der Waals surface area (Å²) in [6.07, 6.45) is 1.78. The van der Waals surface area contributed by atoms with Crippen LogP contribution in [0.3, 0.4) is 0 Å². The predicted molar refractivity (Wildman–Crippen MR) is 88.6 cm³/mol. The van der Waals surface area contributed by atoms with Crippen LogP contribution in [-0.4, -0.2) is 22.8 Å². The van der Waals surface area contributed by atoms with Crippen LogP contribution in [0.1, 0.15) is 56.0 Å². The number of hydrogen-bond acceptors (Lipinski definition) is 5. The monoisotopic (exact) mass is 330 g/mol. The number of nitrogens with zero attached hydrogens (tertiary/aromatic N) is 2. The molecule has 0 saturated carbocycles. The lowest BCUT2D eigenvalue weighted by atomic mass is 10.0. The van der Waals surface area contributed by atoms with E-state index in [1.165, 1.54) is 0 Å². The molecule has 2 N–H and O–H groups in total. The highest BCUT2D eigenvalue weighted by molar-refractivity contribution is 5.90. The van der Waals surface area contributed by atoms with E-state index >= 15 is 0 Å². The van der Waals surface area contributed by atoms with Gasteiger partial charge in [-0.05, 0) is 30.4 Å². The van der Waals surface area contributed by atoms with Crippen LogP contribution in [0.15, 0.2) is 28.8 Å². The smallest absolute Gasteiger partial charge is 0.319 e. The molecule has 1 fully saturated rings. The fourth-order valence-corrected chi connectivity index (χ4v) is 2.68. The van der Waals surface area contributed by atoms with Crippen LogP contribution in [0.25, 0.3) is 0 Å². The van der Waals surface area contributed by atoms with E-state index in [-0.39, 0.29) is 18.7 Å². The number of carbonyl (C=O) groups excluding carboxylic acids is 1. The van der Waals surface area contributed by atoms with Crippen molar-refractivity contribution in [1.29, 1.82) is 0 Å². The third kappa shape index (κ3) is 3.91. The summed E-state index contributed by atoms with van der Waals surface area (Å²) in [7, 11) is 0. The van der Waals surface area contributed by atoms with Crippen molar-refractivity contribution in [3.63, 3.8) is 0 Å². The summed E-state index contributed by atoms with van der Waals surface area (Å²) in [6, 6.07) is 7.46. The van der Waals surface area contributed by atoms with Gasteiger partial charge in [-0.25, -0.2) is 4.79 Å². The van der Waals surface area contributed by atoms with E-state index in [2.05, 4.69) is 34.6 Å². The minimum Gasteiger partial charge on any atom is -0.368 e. The minimum absolute atomic E-state index is 0.113. The Morgan fingerprint density at radius 3 is 2.96 bits per heavy atom. The van der Waals surface area contributed by atoms with E-state index in [0.717, 1.165) is 30.7 Å². The van der Waals surface area contributed by atoms with Crippen LogP contribution in [0.5, 0.6) is 0 Å². The number of amides is 2. The molecular weight excluding hydrogens is 308 g/mol. The predicted octanol–water partition coefficient (Wildman–Crippen LogP) is 3.37. The van der Waals surface area contributed by atoms with Crippen molar-refractivity contribution < 1.29 is 14.1 Å². The van der Waals surface area contributed by atoms with Gasteiger partial charge in [0.15, 0.2) is 5.82 Å². The molecule has 1 atom stereocenters. The van der Waals surface area contributed by atoms with Crippen molar-refractivity contribution in [3.05, 3.63) is 41.5 Å². The molecule has 24 heavy (non-hydrogen) atoms. The molecule has 1 aliphatic heterocycles. The maximum absolute atomic E-state index is 12.1. The number of hydrogen-bond donors (Lipinski definition) is 2. The van der Waals surface area contributed by atoms with Crippen LogP contribution >= 0.6 is 0 Å². The molecule has 2 aromatic rings. The highest BCUT2D eigenvalue weighted by atomic mass is 16.5. The van der Waals surface area contributed by atoms with Gasteiger partial charge in [-0.2, -0.15) is 4.98 Å². The second kappa shape index (κ2) is 7.44. The molecule has 3 rings (SSSR count). The Hall–Kier alpha value is -2.41. The first kappa shape index (κ1) is 16.4. The second-order valence-corrected chi connectivity index (χ2v) is 6.10. The highest BCUT2D eigenvalue weighted by Gasteiger charge is 2.23. The van der Waals surface area contributed by atoms with Crippen LogP contribution in [0.4, 0.5) is 10.5 Å². The van der Waals surface area contributed by atoms with Crippen molar-refractivity contribution in [3.8, 4) is 0 Å². The van der Waals surface area contributed by atoms with Gasteiger partial charge in [-0.15, -0.1) is 0 Å². The van der Waals surface area contributed by atoms with Crippen molar-refractivity contribution in [2.45, 2.75) is 45.3 Å². The van der Waals surface area contributed by atoms with Gasteiger partial charge in [-0.3, -0.25) is 0 Å². The number of rotatable bonds is 5. The topological polar surface area (TPSA) is 89.3 Å². The molecule has 1 unspecified atom stereocenters. The quantitative estimate of drug-likeness (QED) is 0.877. The summed E-state index contributed by atoms with van der Waals surface area (Å²) < 4.78 is 10.7. The molecule has 7 nitrogen and oxygen atoms in total. The number of carbonyl (C=O) groups is 1. The SMILES string of the molecule is CC(C)c1ccccc1NC(=O)NCc1noc(C2CCCO2)n1. The maximum atomic E-state index is 12.1. The Labute approximate surface area is 140 Å². The van der Waals surface area contributed by atoms with Gasteiger partial charge in [0.25, 0.3) is 5.89 Å². The Bertz CT molecular complexity index is 693. The fourth-order valence-electron chi connectivity index (χ4n) is 2.68. The van der Waals surface area contributed by atoms with Crippen LogP contribution in [-0.2, 0) is 11.3 Å². The van der Waals surface area contributed by atoms with Gasteiger partial charge in [0.2, 0.25) is 0 Å². The molecule has 1 aromatic carbocycles. The first-order valence-electron chi connectivity index (χ1n) is 8.21. The largest absolute Gasteiger partial charge is 0.368 e. The zero-order valence-electron chi connectivity index (χ0n) is 13.9. The maximum Gasteiger partial charge on any atom is 0.319 e. The highest BCUT2D eigenvalue weighted by Crippen LogP contribution is 2.27. The molecule has 0 bridgehead atoms. The molecular formula is C17H22N4O3. The van der Waals surface area contributed by atoms with Crippen LogP contribution < -0.4 is 10.6 Å². The molecule has 7 heteroatoms. The number of anilines is 1. The molecule has 0 radical (unpaired) electrons. The van der Waals surface area contributed by atoms with Gasteiger partial charge in [-0.1, -0.05) is 37.2 Å². The zero-order valence-corrected chi connectivity index (χ0v) is 13.9. The van der Waals surface area contributed by atoms with E-state index < -0.39 is 0 Å². The summed E-state index contributed by atoms with van der Waals surface area (Å²) in [5.74, 6) is 1.25. The fraction of sp³-hybridized carbons (Fsp3) is 0.471. The molecule has 128 valence electrons. The Kier molecular flexibility index (Phi) is 5.10. The van der Waals surface area contributed by atoms with Gasteiger partial charge in [0, 0.05) is 12.3 Å². The van der Waals surface area contributed by atoms with Gasteiger partial charge in [0.05, 0.1) is 6.54 Å². The number of benzene rings is 1. The molecule has 1 aromatic heterocycles. The van der Waals surface area contributed by atoms with Crippen molar-refractivity contribution in [2.24, 2.45) is 0 Å². The Morgan fingerprint density at radius 2 is 2.21 bits per heavy atom.